The normalized spacial score (nSPS) is 18.9. The maximum absolute atomic E-state index is 11.9. The molecule has 1 aliphatic rings. The van der Waals surface area contributed by atoms with Gasteiger partial charge in [-0.25, -0.2) is 0 Å². The van der Waals surface area contributed by atoms with Crippen molar-refractivity contribution in [1.82, 2.24) is 0 Å². The Morgan fingerprint density at radius 3 is 3.00 bits per heavy atom. The Balaban J connectivity index is 2.43. The van der Waals surface area contributed by atoms with Gasteiger partial charge in [-0.1, -0.05) is 13.0 Å². The van der Waals surface area contributed by atoms with E-state index in [0.29, 0.717) is 13.0 Å². The molecule has 0 aromatic heterocycles. The fourth-order valence-electron chi connectivity index (χ4n) is 1.97. The minimum absolute atomic E-state index is 0.0608. The Morgan fingerprint density at radius 2 is 2.31 bits per heavy atom. The second-order valence-electron chi connectivity index (χ2n) is 4.26. The summed E-state index contributed by atoms with van der Waals surface area (Å²) >= 11 is 0. The lowest BCUT2D eigenvalue weighted by Crippen LogP contribution is -2.42. The molecule has 16 heavy (non-hydrogen) atoms. The molecule has 0 N–H and O–H groups in total. The third-order valence-corrected chi connectivity index (χ3v) is 2.78. The number of rotatable bonds is 1. The van der Waals surface area contributed by atoms with Crippen LogP contribution in [0.25, 0.3) is 0 Å². The van der Waals surface area contributed by atoms with Gasteiger partial charge in [0, 0.05) is 6.42 Å². The van der Waals surface area contributed by atoms with Gasteiger partial charge in [0.1, 0.15) is 11.9 Å². The monoisotopic (exact) mass is 219 g/mol. The van der Waals surface area contributed by atoms with E-state index in [2.05, 4.69) is 0 Å². The molecule has 1 aliphatic heterocycles. The van der Waals surface area contributed by atoms with E-state index >= 15 is 0 Å². The topological polar surface area (TPSA) is 29.5 Å². The number of aryl methyl sites for hydroxylation is 1. The van der Waals surface area contributed by atoms with Crippen LogP contribution in [0.5, 0.6) is 5.75 Å². The summed E-state index contributed by atoms with van der Waals surface area (Å²) in [6, 6.07) is 5.95. The molecule has 86 valence electrons. The first-order valence-electron chi connectivity index (χ1n) is 5.69. The minimum Gasteiger partial charge on any atom is -0.487 e. The number of fused-ring (bicyclic) bond motifs is 1. The van der Waals surface area contributed by atoms with Crippen LogP contribution >= 0.6 is 0 Å². The highest BCUT2D eigenvalue weighted by molar-refractivity contribution is 5.95. The van der Waals surface area contributed by atoms with Crippen LogP contribution in [0.15, 0.2) is 18.2 Å². The van der Waals surface area contributed by atoms with E-state index in [0.717, 1.165) is 17.0 Å². The number of anilines is 1. The zero-order valence-corrected chi connectivity index (χ0v) is 9.99. The Bertz CT molecular complexity index is 414. The summed E-state index contributed by atoms with van der Waals surface area (Å²) in [6.07, 6.45) is 0.589. The Labute approximate surface area is 96.0 Å². The molecule has 0 saturated heterocycles. The Morgan fingerprint density at radius 1 is 1.56 bits per heavy atom. The molecule has 3 nitrogen and oxygen atoms in total. The Hall–Kier alpha value is -1.51. The quantitative estimate of drug-likeness (QED) is 0.726. The van der Waals surface area contributed by atoms with Crippen LogP contribution in [-0.2, 0) is 4.79 Å². The molecular weight excluding hydrogens is 202 g/mol. The van der Waals surface area contributed by atoms with E-state index in [9.17, 15) is 4.79 Å². The van der Waals surface area contributed by atoms with Crippen molar-refractivity contribution >= 4 is 11.6 Å². The summed E-state index contributed by atoms with van der Waals surface area (Å²) in [7, 11) is 0. The molecule has 1 aromatic rings. The molecule has 0 bridgehead atoms. The first-order chi connectivity index (χ1) is 7.61. The lowest BCUT2D eigenvalue weighted by Gasteiger charge is -2.33. The molecule has 0 saturated carbocycles. The van der Waals surface area contributed by atoms with Crippen LogP contribution in [-0.4, -0.2) is 18.6 Å². The average Bonchev–Trinajstić information content (AvgIpc) is 2.27. The van der Waals surface area contributed by atoms with Crippen LogP contribution in [0.2, 0.25) is 0 Å². The van der Waals surface area contributed by atoms with E-state index < -0.39 is 0 Å². The van der Waals surface area contributed by atoms with Crippen molar-refractivity contribution in [3.8, 4) is 5.75 Å². The van der Waals surface area contributed by atoms with Gasteiger partial charge in [0.25, 0.3) is 0 Å². The SMILES string of the molecule is CCC(=O)N1C[C@H](C)Oc2ccc(C)cc21. The number of hydrogen-bond acceptors (Lipinski definition) is 2. The second kappa shape index (κ2) is 4.16. The zero-order valence-electron chi connectivity index (χ0n) is 9.99. The molecule has 2 rings (SSSR count). The predicted octanol–water partition coefficient (Wildman–Crippen LogP) is 2.52. The summed E-state index contributed by atoms with van der Waals surface area (Å²) in [6.45, 7) is 6.53. The molecule has 1 aromatic carbocycles. The molecule has 1 heterocycles. The number of nitrogens with zero attached hydrogens (tertiary/aromatic N) is 1. The number of carbonyl (C=O) groups is 1. The summed E-state index contributed by atoms with van der Waals surface area (Å²) in [5.41, 5.74) is 2.05. The van der Waals surface area contributed by atoms with Gasteiger partial charge in [0.15, 0.2) is 0 Å². The highest BCUT2D eigenvalue weighted by Crippen LogP contribution is 2.34. The molecule has 0 unspecified atom stereocenters. The fraction of sp³-hybridized carbons (Fsp3) is 0.462. The predicted molar refractivity (Wildman–Crippen MR) is 63.9 cm³/mol. The van der Waals surface area contributed by atoms with Gasteiger partial charge in [0.2, 0.25) is 5.91 Å². The van der Waals surface area contributed by atoms with Crippen LogP contribution in [0, 0.1) is 6.92 Å². The highest BCUT2D eigenvalue weighted by atomic mass is 16.5. The van der Waals surface area contributed by atoms with Crippen LogP contribution < -0.4 is 9.64 Å². The van der Waals surface area contributed by atoms with Gasteiger partial charge in [0.05, 0.1) is 12.2 Å². The van der Waals surface area contributed by atoms with E-state index in [1.54, 1.807) is 0 Å². The molecule has 0 radical (unpaired) electrons. The van der Waals surface area contributed by atoms with Crippen molar-refractivity contribution in [2.24, 2.45) is 0 Å². The van der Waals surface area contributed by atoms with E-state index in [1.165, 1.54) is 0 Å². The largest absolute Gasteiger partial charge is 0.487 e. The average molecular weight is 219 g/mol. The summed E-state index contributed by atoms with van der Waals surface area (Å²) in [5, 5.41) is 0. The van der Waals surface area contributed by atoms with E-state index in [1.807, 2.05) is 43.9 Å². The van der Waals surface area contributed by atoms with Crippen LogP contribution in [0.3, 0.4) is 0 Å². The highest BCUT2D eigenvalue weighted by Gasteiger charge is 2.26. The maximum atomic E-state index is 11.9. The number of amides is 1. The van der Waals surface area contributed by atoms with Gasteiger partial charge in [-0.3, -0.25) is 4.79 Å². The van der Waals surface area contributed by atoms with Crippen molar-refractivity contribution in [1.29, 1.82) is 0 Å². The van der Waals surface area contributed by atoms with Gasteiger partial charge in [-0.05, 0) is 31.5 Å². The molecular formula is C13H17NO2. The number of ether oxygens (including phenoxy) is 1. The second-order valence-corrected chi connectivity index (χ2v) is 4.26. The van der Waals surface area contributed by atoms with E-state index in [4.69, 9.17) is 4.74 Å². The number of carbonyl (C=O) groups excluding carboxylic acids is 1. The first kappa shape index (κ1) is 11.0. The molecule has 3 heteroatoms. The molecule has 0 aliphatic carbocycles. The van der Waals surface area contributed by atoms with E-state index in [-0.39, 0.29) is 12.0 Å². The third kappa shape index (κ3) is 1.90. The van der Waals surface area contributed by atoms with Gasteiger partial charge >= 0.3 is 0 Å². The van der Waals surface area contributed by atoms with Crippen molar-refractivity contribution in [3.05, 3.63) is 23.8 Å². The number of benzene rings is 1. The van der Waals surface area contributed by atoms with Gasteiger partial charge in [-0.2, -0.15) is 0 Å². The Kier molecular flexibility index (Phi) is 2.86. The smallest absolute Gasteiger partial charge is 0.226 e. The lowest BCUT2D eigenvalue weighted by atomic mass is 10.1. The zero-order chi connectivity index (χ0) is 11.7. The maximum Gasteiger partial charge on any atom is 0.226 e. The van der Waals surface area contributed by atoms with Crippen molar-refractivity contribution in [2.75, 3.05) is 11.4 Å². The van der Waals surface area contributed by atoms with Gasteiger partial charge in [-0.15, -0.1) is 0 Å². The molecule has 0 fully saturated rings. The molecule has 1 atom stereocenters. The minimum atomic E-state index is 0.0608. The fourth-order valence-corrected chi connectivity index (χ4v) is 1.97. The third-order valence-electron chi connectivity index (χ3n) is 2.78. The lowest BCUT2D eigenvalue weighted by molar-refractivity contribution is -0.118. The standard InChI is InChI=1S/C13H17NO2/c1-4-13(15)14-8-10(3)16-12-6-5-9(2)7-11(12)14/h5-7,10H,4,8H2,1-3H3/t10-/m0/s1. The summed E-state index contributed by atoms with van der Waals surface area (Å²) in [5.74, 6) is 0.966. The summed E-state index contributed by atoms with van der Waals surface area (Å²) in [4.78, 5) is 13.7. The van der Waals surface area contributed by atoms with Crippen molar-refractivity contribution in [2.45, 2.75) is 33.3 Å². The first-order valence-corrected chi connectivity index (χ1v) is 5.69. The van der Waals surface area contributed by atoms with Crippen LogP contribution in [0.1, 0.15) is 25.8 Å². The van der Waals surface area contributed by atoms with Gasteiger partial charge < -0.3 is 9.64 Å². The van der Waals surface area contributed by atoms with Crippen LogP contribution in [0.4, 0.5) is 5.69 Å². The molecule has 1 amide bonds. The molecule has 0 spiro atoms. The number of hydrogen-bond donors (Lipinski definition) is 0. The van der Waals surface area contributed by atoms with Crippen molar-refractivity contribution in [3.63, 3.8) is 0 Å². The summed E-state index contributed by atoms with van der Waals surface area (Å²) < 4.78 is 5.72. The van der Waals surface area contributed by atoms with Crippen molar-refractivity contribution < 1.29 is 9.53 Å².